The van der Waals surface area contributed by atoms with E-state index in [9.17, 15) is 34.5 Å². The first-order chi connectivity index (χ1) is 33.6. The molecule has 0 aliphatic carbocycles. The number of carbonyl (C=O) groups excluding carboxylic acids is 3. The molecule has 1 heterocycles. The summed E-state index contributed by atoms with van der Waals surface area (Å²) >= 11 is 0. The van der Waals surface area contributed by atoms with Crippen LogP contribution in [0.5, 0.6) is 0 Å². The first-order valence-corrected chi connectivity index (χ1v) is 27.3. The van der Waals surface area contributed by atoms with Gasteiger partial charge in [0, 0.05) is 19.3 Å². The van der Waals surface area contributed by atoms with Gasteiger partial charge in [-0.25, -0.2) is 4.79 Å². The quantitative estimate of drug-likeness (QED) is 0.0228. The van der Waals surface area contributed by atoms with E-state index < -0.39 is 67.3 Å². The number of unbranched alkanes of at least 4 members (excludes halogenated alkanes) is 21. The van der Waals surface area contributed by atoms with E-state index in [1.54, 1.807) is 0 Å². The number of esters is 3. The smallest absolute Gasteiger partial charge is 0.335 e. The van der Waals surface area contributed by atoms with E-state index in [1.807, 2.05) is 0 Å². The number of hydrogen-bond acceptors (Lipinski definition) is 11. The highest BCUT2D eigenvalue weighted by molar-refractivity contribution is 5.74. The standard InChI is InChI=1S/C57H96O12/c1-4-7-10-13-16-19-21-22-23-24-25-26-27-28-30-32-34-37-40-43-49(58)65-46-48(67-50(59)44-41-38-35-31-18-15-12-9-6-3)47-66-57-55(53(62)52(61)54(69-57)56(63)64)68-51(60)45-42-39-36-33-29-20-17-14-11-8-5-2/h7,10,14,16-17,19,22-23,25-26,48,52-55,57,61-62H,4-6,8-9,11-13,15,18,20-21,24,27-47H2,1-3H3,(H,63,64)/b10-7-,17-14-,19-16-,23-22-,26-25-. The fourth-order valence-corrected chi connectivity index (χ4v) is 7.87. The molecule has 12 nitrogen and oxygen atoms in total. The summed E-state index contributed by atoms with van der Waals surface area (Å²) in [5.41, 5.74) is 0. The molecule has 0 spiro atoms. The molecule has 69 heavy (non-hydrogen) atoms. The Bertz CT molecular complexity index is 1440. The van der Waals surface area contributed by atoms with E-state index in [2.05, 4.69) is 81.5 Å². The van der Waals surface area contributed by atoms with Gasteiger partial charge >= 0.3 is 23.9 Å². The summed E-state index contributed by atoms with van der Waals surface area (Å²) in [6.07, 6.45) is 42.2. The molecule has 0 aromatic rings. The highest BCUT2D eigenvalue weighted by Crippen LogP contribution is 2.26. The molecule has 0 saturated carbocycles. The third-order valence-corrected chi connectivity index (χ3v) is 12.1. The average molecular weight is 973 g/mol. The van der Waals surface area contributed by atoms with Crippen LogP contribution in [0.15, 0.2) is 60.8 Å². The molecule has 1 fully saturated rings. The SMILES string of the molecule is CC/C=C\C/C=C\C/C=C\C/C=C\CCCCCCCCC(=O)OCC(COC1OC(C(=O)O)C(O)C(O)C1OC(=O)CCCCCCC/C=C\CCCC)OC(=O)CCCCCCCCCCC. The Morgan fingerprint density at radius 3 is 1.45 bits per heavy atom. The van der Waals surface area contributed by atoms with Crippen LogP contribution >= 0.6 is 0 Å². The van der Waals surface area contributed by atoms with Crippen molar-refractivity contribution in [2.75, 3.05) is 13.2 Å². The Morgan fingerprint density at radius 1 is 0.493 bits per heavy atom. The van der Waals surface area contributed by atoms with Crippen LogP contribution in [-0.4, -0.2) is 89.2 Å². The Morgan fingerprint density at radius 2 is 0.928 bits per heavy atom. The zero-order chi connectivity index (χ0) is 50.4. The van der Waals surface area contributed by atoms with E-state index in [-0.39, 0.29) is 25.9 Å². The number of aliphatic hydroxyl groups excluding tert-OH is 2. The Hall–Kier alpha value is -3.58. The van der Waals surface area contributed by atoms with Gasteiger partial charge < -0.3 is 39.0 Å². The van der Waals surface area contributed by atoms with Crippen molar-refractivity contribution in [3.05, 3.63) is 60.8 Å². The molecule has 6 atom stereocenters. The van der Waals surface area contributed by atoms with Gasteiger partial charge in [0.05, 0.1) is 6.61 Å². The summed E-state index contributed by atoms with van der Waals surface area (Å²) < 4.78 is 28.3. The fourth-order valence-electron chi connectivity index (χ4n) is 7.87. The van der Waals surface area contributed by atoms with Crippen LogP contribution in [0.4, 0.5) is 0 Å². The number of aliphatic hydroxyl groups is 2. The van der Waals surface area contributed by atoms with Crippen molar-refractivity contribution in [1.29, 1.82) is 0 Å². The maximum atomic E-state index is 13.0. The molecule has 12 heteroatoms. The number of carboxylic acid groups (broad SMARTS) is 1. The summed E-state index contributed by atoms with van der Waals surface area (Å²) in [6, 6.07) is 0. The van der Waals surface area contributed by atoms with E-state index in [0.29, 0.717) is 19.3 Å². The molecule has 6 unspecified atom stereocenters. The lowest BCUT2D eigenvalue weighted by Gasteiger charge is -2.40. The average Bonchev–Trinajstić information content (AvgIpc) is 3.33. The summed E-state index contributed by atoms with van der Waals surface area (Å²) in [6.45, 7) is 5.78. The minimum Gasteiger partial charge on any atom is -0.479 e. The van der Waals surface area contributed by atoms with Crippen LogP contribution in [0, 0.1) is 0 Å². The number of ether oxygens (including phenoxy) is 5. The Balaban J connectivity index is 2.67. The van der Waals surface area contributed by atoms with Gasteiger partial charge in [-0.2, -0.15) is 0 Å². The summed E-state index contributed by atoms with van der Waals surface area (Å²) in [5, 5.41) is 31.3. The van der Waals surface area contributed by atoms with Crippen LogP contribution in [0.2, 0.25) is 0 Å². The first kappa shape index (κ1) is 63.4. The van der Waals surface area contributed by atoms with E-state index in [4.69, 9.17) is 23.7 Å². The molecule has 0 radical (unpaired) electrons. The number of aliphatic carboxylic acids is 1. The van der Waals surface area contributed by atoms with E-state index in [0.717, 1.165) is 122 Å². The van der Waals surface area contributed by atoms with Crippen molar-refractivity contribution in [2.24, 2.45) is 0 Å². The predicted octanol–water partition coefficient (Wildman–Crippen LogP) is 13.2. The summed E-state index contributed by atoms with van der Waals surface area (Å²) in [7, 11) is 0. The van der Waals surface area contributed by atoms with Crippen molar-refractivity contribution < 1.29 is 58.2 Å². The van der Waals surface area contributed by atoms with Gasteiger partial charge in [-0.1, -0.05) is 191 Å². The van der Waals surface area contributed by atoms with Gasteiger partial charge in [-0.05, 0) is 77.0 Å². The molecule has 0 aromatic carbocycles. The molecule has 1 aliphatic rings. The molecular weight excluding hydrogens is 877 g/mol. The van der Waals surface area contributed by atoms with Crippen LogP contribution < -0.4 is 0 Å². The molecule has 0 bridgehead atoms. The van der Waals surface area contributed by atoms with Gasteiger partial charge in [0.25, 0.3) is 0 Å². The number of carbonyl (C=O) groups is 4. The van der Waals surface area contributed by atoms with Gasteiger partial charge in [0.2, 0.25) is 0 Å². The van der Waals surface area contributed by atoms with E-state index >= 15 is 0 Å². The van der Waals surface area contributed by atoms with Crippen molar-refractivity contribution in [2.45, 2.75) is 263 Å². The lowest BCUT2D eigenvalue weighted by molar-refractivity contribution is -0.301. The molecular formula is C57H96O12. The third kappa shape index (κ3) is 36.1. The molecule has 1 aliphatic heterocycles. The maximum absolute atomic E-state index is 13.0. The van der Waals surface area contributed by atoms with Crippen LogP contribution in [0.1, 0.15) is 226 Å². The highest BCUT2D eigenvalue weighted by Gasteiger charge is 2.50. The Labute approximate surface area is 417 Å². The third-order valence-electron chi connectivity index (χ3n) is 12.1. The zero-order valence-corrected chi connectivity index (χ0v) is 43.3. The lowest BCUT2D eigenvalue weighted by atomic mass is 9.98. The number of rotatable bonds is 45. The van der Waals surface area contributed by atoms with Gasteiger partial charge in [-0.15, -0.1) is 0 Å². The highest BCUT2D eigenvalue weighted by atomic mass is 16.7. The van der Waals surface area contributed by atoms with Crippen molar-refractivity contribution in [3.63, 3.8) is 0 Å². The minimum atomic E-state index is -1.90. The van der Waals surface area contributed by atoms with E-state index in [1.165, 1.54) is 44.9 Å². The van der Waals surface area contributed by atoms with Crippen molar-refractivity contribution in [3.8, 4) is 0 Å². The lowest BCUT2D eigenvalue weighted by Crippen LogP contribution is -2.61. The largest absolute Gasteiger partial charge is 0.479 e. The predicted molar refractivity (Wildman–Crippen MR) is 275 cm³/mol. The van der Waals surface area contributed by atoms with Gasteiger partial charge in [0.15, 0.2) is 24.6 Å². The van der Waals surface area contributed by atoms with Crippen LogP contribution in [0.25, 0.3) is 0 Å². The normalized spacial score (nSPS) is 19.1. The topological polar surface area (TPSA) is 175 Å². The second-order valence-electron chi connectivity index (χ2n) is 18.5. The first-order valence-electron chi connectivity index (χ1n) is 27.3. The number of carboxylic acids is 1. The molecule has 396 valence electrons. The molecule has 1 rings (SSSR count). The molecule has 1 saturated heterocycles. The van der Waals surface area contributed by atoms with Gasteiger partial charge in [0.1, 0.15) is 18.8 Å². The van der Waals surface area contributed by atoms with Crippen molar-refractivity contribution in [1.82, 2.24) is 0 Å². The molecule has 0 amide bonds. The summed E-state index contributed by atoms with van der Waals surface area (Å²) in [5.74, 6) is -3.15. The van der Waals surface area contributed by atoms with Gasteiger partial charge in [-0.3, -0.25) is 14.4 Å². The molecule has 3 N–H and O–H groups in total. The zero-order valence-electron chi connectivity index (χ0n) is 43.3. The Kier molecular flexibility index (Phi) is 41.9. The minimum absolute atomic E-state index is 0.0487. The van der Waals surface area contributed by atoms with Crippen LogP contribution in [0.3, 0.4) is 0 Å². The second kappa shape index (κ2) is 45.6. The monoisotopic (exact) mass is 973 g/mol. The molecule has 0 aromatic heterocycles. The summed E-state index contributed by atoms with van der Waals surface area (Å²) in [4.78, 5) is 50.8. The van der Waals surface area contributed by atoms with Crippen molar-refractivity contribution >= 4 is 23.9 Å². The fraction of sp³-hybridized carbons (Fsp3) is 0.754. The maximum Gasteiger partial charge on any atom is 0.335 e. The number of allylic oxidation sites excluding steroid dienone is 10. The van der Waals surface area contributed by atoms with Crippen LogP contribution in [-0.2, 0) is 42.9 Å². The number of hydrogen-bond donors (Lipinski definition) is 3. The second-order valence-corrected chi connectivity index (χ2v) is 18.5.